The number of esters is 1. The van der Waals surface area contributed by atoms with E-state index in [-0.39, 0.29) is 11.8 Å². The Morgan fingerprint density at radius 3 is 2.53 bits per heavy atom. The highest BCUT2D eigenvalue weighted by Crippen LogP contribution is 2.44. The summed E-state index contributed by atoms with van der Waals surface area (Å²) in [6, 6.07) is 20.7. The molecule has 0 saturated heterocycles. The van der Waals surface area contributed by atoms with Crippen molar-refractivity contribution in [1.82, 2.24) is 4.40 Å². The quantitative estimate of drug-likeness (QED) is 0.251. The molecule has 0 aliphatic heterocycles. The third-order valence-corrected chi connectivity index (χ3v) is 6.22. The summed E-state index contributed by atoms with van der Waals surface area (Å²) in [5.74, 6) is -0.00941. The van der Waals surface area contributed by atoms with Crippen LogP contribution in [0.1, 0.15) is 57.7 Å². The van der Waals surface area contributed by atoms with Gasteiger partial charge >= 0.3 is 5.97 Å². The molecule has 160 valence electrons. The third-order valence-electron chi connectivity index (χ3n) is 5.91. The first-order valence-corrected chi connectivity index (χ1v) is 11.2. The maximum absolute atomic E-state index is 13.7. The maximum atomic E-state index is 13.7. The van der Waals surface area contributed by atoms with Gasteiger partial charge in [0.15, 0.2) is 0 Å². The number of carbonyl (C=O) groups excluding carboxylic acids is 2. The van der Waals surface area contributed by atoms with E-state index in [1.165, 1.54) is 0 Å². The van der Waals surface area contributed by atoms with Gasteiger partial charge in [0, 0.05) is 17.3 Å². The number of aromatic nitrogens is 1. The molecule has 0 atom stereocenters. The summed E-state index contributed by atoms with van der Waals surface area (Å²) in [5.41, 5.74) is 5.46. The molecule has 5 heteroatoms. The second-order valence-corrected chi connectivity index (χ2v) is 8.41. The Labute approximate surface area is 191 Å². The van der Waals surface area contributed by atoms with E-state index in [2.05, 4.69) is 0 Å². The monoisotopic (exact) mass is 443 g/mol. The lowest BCUT2D eigenvalue weighted by atomic mass is 9.97. The van der Waals surface area contributed by atoms with E-state index in [0.717, 1.165) is 35.0 Å². The Hall–Kier alpha value is -3.37. The number of hydrogen-bond donors (Lipinski definition) is 0. The molecule has 4 nitrogen and oxygen atoms in total. The molecule has 0 spiro atoms. The van der Waals surface area contributed by atoms with Crippen LogP contribution in [0.5, 0.6) is 0 Å². The van der Waals surface area contributed by atoms with Crippen LogP contribution in [-0.4, -0.2) is 22.8 Å². The molecule has 2 heterocycles. The van der Waals surface area contributed by atoms with Crippen LogP contribution in [0.15, 0.2) is 72.9 Å². The van der Waals surface area contributed by atoms with E-state index < -0.39 is 0 Å². The molecule has 0 bridgehead atoms. The minimum absolute atomic E-state index is 0.0758. The van der Waals surface area contributed by atoms with Gasteiger partial charge in [-0.15, -0.1) is 0 Å². The number of benzene rings is 2. The molecule has 0 radical (unpaired) electrons. The van der Waals surface area contributed by atoms with Gasteiger partial charge in [0.25, 0.3) is 0 Å². The number of fused-ring (bicyclic) bond motifs is 1. The van der Waals surface area contributed by atoms with Gasteiger partial charge in [-0.2, -0.15) is 0 Å². The van der Waals surface area contributed by atoms with Crippen molar-refractivity contribution >= 4 is 28.9 Å². The fraction of sp³-hybridized carbons (Fsp3) is 0.185. The highest BCUT2D eigenvalue weighted by Gasteiger charge is 2.30. The average Bonchev–Trinajstić information content (AvgIpc) is 3.59. The molecule has 1 fully saturated rings. The van der Waals surface area contributed by atoms with Gasteiger partial charge in [-0.3, -0.25) is 4.79 Å². The van der Waals surface area contributed by atoms with Crippen molar-refractivity contribution in [2.45, 2.75) is 25.7 Å². The van der Waals surface area contributed by atoms with E-state index in [0.29, 0.717) is 34.4 Å². The van der Waals surface area contributed by atoms with Gasteiger partial charge in [0.1, 0.15) is 0 Å². The molecule has 32 heavy (non-hydrogen) atoms. The second kappa shape index (κ2) is 8.29. The molecule has 0 amide bonds. The first-order valence-electron chi connectivity index (χ1n) is 10.8. The summed E-state index contributed by atoms with van der Waals surface area (Å²) in [6.07, 6.45) is 4.08. The Morgan fingerprint density at radius 1 is 1.03 bits per heavy atom. The molecule has 5 rings (SSSR count). The van der Waals surface area contributed by atoms with Crippen LogP contribution < -0.4 is 0 Å². The summed E-state index contributed by atoms with van der Waals surface area (Å²) < 4.78 is 6.99. The minimum atomic E-state index is -0.344. The number of ketones is 1. The van der Waals surface area contributed by atoms with Crippen LogP contribution >= 0.6 is 11.6 Å². The number of pyridine rings is 1. The fourth-order valence-electron chi connectivity index (χ4n) is 4.20. The molecule has 1 aliphatic carbocycles. The number of carbonyl (C=O) groups is 2. The lowest BCUT2D eigenvalue weighted by molar-refractivity contribution is 0.0526. The number of halogens is 1. The van der Waals surface area contributed by atoms with Gasteiger partial charge in [0.2, 0.25) is 5.78 Å². The minimum Gasteiger partial charge on any atom is -0.462 e. The summed E-state index contributed by atoms with van der Waals surface area (Å²) in [6.45, 7) is 2.12. The van der Waals surface area contributed by atoms with Crippen LogP contribution in [-0.2, 0) is 4.74 Å². The first-order chi connectivity index (χ1) is 15.6. The van der Waals surface area contributed by atoms with Gasteiger partial charge in [-0.25, -0.2) is 4.79 Å². The fourth-order valence-corrected chi connectivity index (χ4v) is 4.47. The van der Waals surface area contributed by atoms with Crippen LogP contribution in [0.4, 0.5) is 0 Å². The number of hydrogen-bond acceptors (Lipinski definition) is 3. The first kappa shape index (κ1) is 20.5. The zero-order chi connectivity index (χ0) is 22.2. The summed E-state index contributed by atoms with van der Waals surface area (Å²) in [4.78, 5) is 25.7. The van der Waals surface area contributed by atoms with Crippen molar-refractivity contribution in [3.05, 3.63) is 100 Å². The lowest BCUT2D eigenvalue weighted by Crippen LogP contribution is -2.08. The Balaban J connectivity index is 1.60. The summed E-state index contributed by atoms with van der Waals surface area (Å²) in [5, 5.41) is 0.491. The van der Waals surface area contributed by atoms with Gasteiger partial charge < -0.3 is 9.14 Å². The number of ether oxygens (including phenoxy) is 1. The largest absolute Gasteiger partial charge is 0.462 e. The van der Waals surface area contributed by atoms with Crippen molar-refractivity contribution in [3.63, 3.8) is 0 Å². The Kier molecular flexibility index (Phi) is 5.32. The summed E-state index contributed by atoms with van der Waals surface area (Å²) in [7, 11) is 0. The molecular weight excluding hydrogens is 422 g/mol. The summed E-state index contributed by atoms with van der Waals surface area (Å²) >= 11 is 6.52. The molecule has 0 unspecified atom stereocenters. The standard InChI is InChI=1S/C27H22ClNO3/c1-2-32-27(31)19-13-11-18(12-14-19)21-16-24(29-15-4-3-8-23(21)29)26(30)25-20(17-9-10-17)6-5-7-22(25)28/h3-8,11-17H,2,9-10H2,1H3. The van der Waals surface area contributed by atoms with Crippen molar-refractivity contribution in [2.75, 3.05) is 6.61 Å². The third kappa shape index (κ3) is 3.61. The smallest absolute Gasteiger partial charge is 0.338 e. The van der Waals surface area contributed by atoms with E-state index in [1.54, 1.807) is 25.1 Å². The normalized spacial score (nSPS) is 13.3. The van der Waals surface area contributed by atoms with Crippen LogP contribution in [0.25, 0.3) is 16.6 Å². The molecule has 4 aromatic rings. The predicted octanol–water partition coefficient (Wildman–Crippen LogP) is 6.54. The second-order valence-electron chi connectivity index (χ2n) is 8.00. The average molecular weight is 444 g/mol. The van der Waals surface area contributed by atoms with Crippen molar-refractivity contribution in [3.8, 4) is 11.1 Å². The maximum Gasteiger partial charge on any atom is 0.338 e. The van der Waals surface area contributed by atoms with Crippen molar-refractivity contribution in [1.29, 1.82) is 0 Å². The van der Waals surface area contributed by atoms with Crippen molar-refractivity contribution < 1.29 is 14.3 Å². The molecular formula is C27H22ClNO3. The Bertz CT molecular complexity index is 1330. The van der Waals surface area contributed by atoms with Gasteiger partial charge in [0.05, 0.1) is 28.4 Å². The number of nitrogens with zero attached hydrogens (tertiary/aromatic N) is 1. The molecule has 1 saturated carbocycles. The van der Waals surface area contributed by atoms with E-state index >= 15 is 0 Å². The molecule has 0 N–H and O–H groups in total. The zero-order valence-electron chi connectivity index (χ0n) is 17.7. The van der Waals surface area contributed by atoms with E-state index in [1.807, 2.05) is 59.1 Å². The lowest BCUT2D eigenvalue weighted by Gasteiger charge is -2.10. The zero-order valence-corrected chi connectivity index (χ0v) is 18.4. The van der Waals surface area contributed by atoms with Crippen LogP contribution in [0.2, 0.25) is 5.02 Å². The SMILES string of the molecule is CCOC(=O)c1ccc(-c2cc(C(=O)c3c(Cl)cccc3C3CC3)n3ccccc23)cc1. The molecule has 2 aromatic carbocycles. The topological polar surface area (TPSA) is 47.8 Å². The highest BCUT2D eigenvalue weighted by molar-refractivity contribution is 6.35. The van der Waals surface area contributed by atoms with Crippen LogP contribution in [0, 0.1) is 0 Å². The van der Waals surface area contributed by atoms with Crippen LogP contribution in [0.3, 0.4) is 0 Å². The van der Waals surface area contributed by atoms with Crippen molar-refractivity contribution in [2.24, 2.45) is 0 Å². The molecule has 2 aromatic heterocycles. The van der Waals surface area contributed by atoms with Gasteiger partial charge in [-0.05, 0) is 73.2 Å². The van der Waals surface area contributed by atoms with Gasteiger partial charge in [-0.1, -0.05) is 41.9 Å². The van der Waals surface area contributed by atoms with E-state index in [9.17, 15) is 9.59 Å². The Morgan fingerprint density at radius 2 is 1.81 bits per heavy atom. The van der Waals surface area contributed by atoms with E-state index in [4.69, 9.17) is 16.3 Å². The predicted molar refractivity (Wildman–Crippen MR) is 126 cm³/mol. The highest BCUT2D eigenvalue weighted by atomic mass is 35.5. The number of rotatable bonds is 6. The molecule has 1 aliphatic rings.